The molecule has 1 aromatic carbocycles. The summed E-state index contributed by atoms with van der Waals surface area (Å²) in [7, 11) is 1.64. The second-order valence-corrected chi connectivity index (χ2v) is 6.19. The molecular formula is C17H27NO3. The molecule has 0 radical (unpaired) electrons. The second-order valence-electron chi connectivity index (χ2n) is 6.19. The molecule has 4 heteroatoms. The normalized spacial score (nSPS) is 11.5. The quantitative estimate of drug-likeness (QED) is 0.786. The van der Waals surface area contributed by atoms with Crippen molar-refractivity contribution in [3.05, 3.63) is 35.4 Å². The Balaban J connectivity index is 2.78. The minimum Gasteiger partial charge on any atom is -0.395 e. The monoisotopic (exact) mass is 293 g/mol. The van der Waals surface area contributed by atoms with Gasteiger partial charge in [-0.25, -0.2) is 0 Å². The molecule has 0 aliphatic carbocycles. The van der Waals surface area contributed by atoms with E-state index >= 15 is 0 Å². The molecule has 0 atom stereocenters. The highest BCUT2D eigenvalue weighted by Gasteiger charge is 2.17. The molecule has 0 aromatic heterocycles. The van der Waals surface area contributed by atoms with Crippen molar-refractivity contribution in [2.75, 3.05) is 33.4 Å². The van der Waals surface area contributed by atoms with Gasteiger partial charge in [-0.1, -0.05) is 32.9 Å². The lowest BCUT2D eigenvalue weighted by atomic mass is 9.86. The van der Waals surface area contributed by atoms with Gasteiger partial charge in [0.2, 0.25) is 0 Å². The molecule has 1 amide bonds. The van der Waals surface area contributed by atoms with Gasteiger partial charge in [-0.3, -0.25) is 4.79 Å². The minimum absolute atomic E-state index is 0.0290. The lowest BCUT2D eigenvalue weighted by molar-refractivity contribution is 0.0701. The van der Waals surface area contributed by atoms with Crippen molar-refractivity contribution in [3.63, 3.8) is 0 Å². The summed E-state index contributed by atoms with van der Waals surface area (Å²) in [5.41, 5.74) is 1.94. The number of hydrogen-bond acceptors (Lipinski definition) is 3. The predicted molar refractivity (Wildman–Crippen MR) is 84.6 cm³/mol. The molecule has 0 aliphatic heterocycles. The van der Waals surface area contributed by atoms with Gasteiger partial charge in [0.15, 0.2) is 0 Å². The molecular weight excluding hydrogens is 266 g/mol. The molecule has 0 fully saturated rings. The summed E-state index contributed by atoms with van der Waals surface area (Å²) < 4.78 is 5.01. The smallest absolute Gasteiger partial charge is 0.253 e. The highest BCUT2D eigenvalue weighted by molar-refractivity contribution is 5.94. The van der Waals surface area contributed by atoms with Crippen molar-refractivity contribution < 1.29 is 14.6 Å². The number of carbonyl (C=O) groups is 1. The van der Waals surface area contributed by atoms with Crippen molar-refractivity contribution in [3.8, 4) is 0 Å². The van der Waals surface area contributed by atoms with Gasteiger partial charge in [0.25, 0.3) is 5.91 Å². The molecule has 0 saturated heterocycles. The first-order chi connectivity index (χ1) is 9.90. The number of aliphatic hydroxyl groups excluding tert-OH is 1. The van der Waals surface area contributed by atoms with Gasteiger partial charge in [0.1, 0.15) is 0 Å². The predicted octanol–water partition coefficient (Wildman–Crippen LogP) is 2.46. The molecule has 0 bridgehead atoms. The maximum Gasteiger partial charge on any atom is 0.253 e. The van der Waals surface area contributed by atoms with Crippen molar-refractivity contribution in [1.82, 2.24) is 4.90 Å². The SMILES string of the molecule is COCCCN(CCO)C(=O)c1ccc(C(C)(C)C)cc1. The van der Waals surface area contributed by atoms with Gasteiger partial charge in [0.05, 0.1) is 6.61 Å². The number of aliphatic hydroxyl groups is 1. The first-order valence-corrected chi connectivity index (χ1v) is 7.39. The van der Waals surface area contributed by atoms with E-state index in [1.165, 1.54) is 5.56 Å². The van der Waals surface area contributed by atoms with Gasteiger partial charge in [0, 0.05) is 32.4 Å². The maximum absolute atomic E-state index is 12.5. The van der Waals surface area contributed by atoms with Crippen LogP contribution >= 0.6 is 0 Å². The van der Waals surface area contributed by atoms with Crippen LogP contribution in [0.25, 0.3) is 0 Å². The van der Waals surface area contributed by atoms with Gasteiger partial charge in [-0.05, 0) is 29.5 Å². The van der Waals surface area contributed by atoms with Crippen molar-refractivity contribution >= 4 is 5.91 Å². The van der Waals surface area contributed by atoms with Crippen molar-refractivity contribution in [1.29, 1.82) is 0 Å². The summed E-state index contributed by atoms with van der Waals surface area (Å²) in [6.45, 7) is 7.96. The second kappa shape index (κ2) is 8.15. The van der Waals surface area contributed by atoms with Crippen LogP contribution in [0.5, 0.6) is 0 Å². The largest absolute Gasteiger partial charge is 0.395 e. The average molecular weight is 293 g/mol. The van der Waals surface area contributed by atoms with Crippen molar-refractivity contribution in [2.24, 2.45) is 0 Å². The zero-order chi connectivity index (χ0) is 15.9. The van der Waals surface area contributed by atoms with E-state index in [4.69, 9.17) is 9.84 Å². The van der Waals surface area contributed by atoms with Crippen LogP contribution in [0, 0.1) is 0 Å². The molecule has 118 valence electrons. The lowest BCUT2D eigenvalue weighted by Crippen LogP contribution is -2.35. The van der Waals surface area contributed by atoms with Crippen LogP contribution in [0.3, 0.4) is 0 Å². The molecule has 0 aliphatic rings. The third-order valence-electron chi connectivity index (χ3n) is 3.43. The molecule has 0 spiro atoms. The number of benzene rings is 1. The Bertz CT molecular complexity index is 434. The Morgan fingerprint density at radius 1 is 1.19 bits per heavy atom. The number of amides is 1. The van der Waals surface area contributed by atoms with E-state index in [0.29, 0.717) is 25.3 Å². The van der Waals surface area contributed by atoms with E-state index in [1.54, 1.807) is 12.0 Å². The van der Waals surface area contributed by atoms with Gasteiger partial charge >= 0.3 is 0 Å². The van der Waals surface area contributed by atoms with Gasteiger partial charge < -0.3 is 14.7 Å². The minimum atomic E-state index is -0.0411. The van der Waals surface area contributed by atoms with Crippen molar-refractivity contribution in [2.45, 2.75) is 32.6 Å². The third kappa shape index (κ3) is 5.48. The summed E-state index contributed by atoms with van der Waals surface area (Å²) in [4.78, 5) is 14.1. The summed E-state index contributed by atoms with van der Waals surface area (Å²) in [5, 5.41) is 9.11. The Kier molecular flexibility index (Phi) is 6.85. The van der Waals surface area contributed by atoms with E-state index in [1.807, 2.05) is 24.3 Å². The zero-order valence-electron chi connectivity index (χ0n) is 13.6. The summed E-state index contributed by atoms with van der Waals surface area (Å²) >= 11 is 0. The Labute approximate surface area is 127 Å². The third-order valence-corrected chi connectivity index (χ3v) is 3.43. The summed E-state index contributed by atoms with van der Waals surface area (Å²) in [5.74, 6) is -0.0411. The molecule has 0 heterocycles. The summed E-state index contributed by atoms with van der Waals surface area (Å²) in [6, 6.07) is 7.73. The first kappa shape index (κ1) is 17.7. The maximum atomic E-state index is 12.5. The highest BCUT2D eigenvalue weighted by Crippen LogP contribution is 2.22. The molecule has 21 heavy (non-hydrogen) atoms. The zero-order valence-corrected chi connectivity index (χ0v) is 13.6. The van der Waals surface area contributed by atoms with E-state index in [2.05, 4.69) is 20.8 Å². The Morgan fingerprint density at radius 2 is 1.81 bits per heavy atom. The fourth-order valence-electron chi connectivity index (χ4n) is 2.13. The Hall–Kier alpha value is -1.39. The van der Waals surface area contributed by atoms with Crippen LogP contribution in [0.4, 0.5) is 0 Å². The van der Waals surface area contributed by atoms with E-state index in [9.17, 15) is 4.79 Å². The number of ether oxygens (including phenoxy) is 1. The number of rotatable bonds is 7. The van der Waals surface area contributed by atoms with Crippen LogP contribution in [-0.2, 0) is 10.2 Å². The number of hydrogen-bond donors (Lipinski definition) is 1. The molecule has 1 N–H and O–H groups in total. The molecule has 1 rings (SSSR count). The van der Waals surface area contributed by atoms with Crippen LogP contribution in [-0.4, -0.2) is 49.3 Å². The fourth-order valence-corrected chi connectivity index (χ4v) is 2.13. The van der Waals surface area contributed by atoms with Gasteiger partial charge in [-0.15, -0.1) is 0 Å². The van der Waals surface area contributed by atoms with Crippen LogP contribution < -0.4 is 0 Å². The molecule has 0 unspecified atom stereocenters. The Morgan fingerprint density at radius 3 is 2.29 bits per heavy atom. The first-order valence-electron chi connectivity index (χ1n) is 7.39. The van der Waals surface area contributed by atoms with Gasteiger partial charge in [-0.2, -0.15) is 0 Å². The average Bonchev–Trinajstić information content (AvgIpc) is 2.45. The lowest BCUT2D eigenvalue weighted by Gasteiger charge is -2.23. The molecule has 4 nitrogen and oxygen atoms in total. The highest BCUT2D eigenvalue weighted by atomic mass is 16.5. The van der Waals surface area contributed by atoms with Crippen LogP contribution in [0.2, 0.25) is 0 Å². The van der Waals surface area contributed by atoms with E-state index < -0.39 is 0 Å². The van der Waals surface area contributed by atoms with Crippen LogP contribution in [0.15, 0.2) is 24.3 Å². The van der Waals surface area contributed by atoms with Crippen LogP contribution in [0.1, 0.15) is 43.1 Å². The number of nitrogens with zero attached hydrogens (tertiary/aromatic N) is 1. The summed E-state index contributed by atoms with van der Waals surface area (Å²) in [6.07, 6.45) is 0.766. The molecule has 1 aromatic rings. The number of carbonyl (C=O) groups excluding carboxylic acids is 1. The van der Waals surface area contributed by atoms with E-state index in [-0.39, 0.29) is 17.9 Å². The fraction of sp³-hybridized carbons (Fsp3) is 0.588. The number of methoxy groups -OCH3 is 1. The topological polar surface area (TPSA) is 49.8 Å². The standard InChI is InChI=1S/C17H27NO3/c1-17(2,3)15-8-6-14(7-9-15)16(20)18(11-12-19)10-5-13-21-4/h6-9,19H,5,10-13H2,1-4H3. The van der Waals surface area contributed by atoms with E-state index in [0.717, 1.165) is 6.42 Å². The molecule has 0 saturated carbocycles.